The van der Waals surface area contributed by atoms with E-state index in [4.69, 9.17) is 0 Å². The molecule has 0 radical (unpaired) electrons. The van der Waals surface area contributed by atoms with Gasteiger partial charge < -0.3 is 0 Å². The van der Waals surface area contributed by atoms with Gasteiger partial charge in [0.15, 0.2) is 20.1 Å². The van der Waals surface area contributed by atoms with Crippen LogP contribution in [0.1, 0.15) is 17.3 Å². The number of carbonyl (C=O) groups is 1. The molecule has 4 rings (SSSR count). The van der Waals surface area contributed by atoms with Crippen LogP contribution in [0.25, 0.3) is 25.1 Å². The predicted octanol–water partition coefficient (Wildman–Crippen LogP) is 5.98. The Morgan fingerprint density at radius 2 is 1.58 bits per heavy atom. The molecule has 1 atom stereocenters. The highest BCUT2D eigenvalue weighted by Gasteiger charge is 2.25. The smallest absolute Gasteiger partial charge is 0.269 e. The molecule has 4 aromatic rings. The average molecular weight is 366 g/mol. The molecule has 0 aliphatic carbocycles. The molecule has 1 unspecified atom stereocenters. The predicted molar refractivity (Wildman–Crippen MR) is 102 cm³/mol. The van der Waals surface area contributed by atoms with Crippen LogP contribution in [0.2, 0.25) is 0 Å². The van der Waals surface area contributed by atoms with Crippen LogP contribution in [0.15, 0.2) is 60.7 Å². The molecular formula is C20H13FNO3S+. The summed E-state index contributed by atoms with van der Waals surface area (Å²) in [5, 5.41) is 12.5. The molecule has 128 valence electrons. The molecule has 0 aliphatic rings. The number of fused-ring (bicyclic) bond motifs is 3. The number of rotatable bonds is 3. The van der Waals surface area contributed by atoms with E-state index in [0.29, 0.717) is 5.56 Å². The zero-order valence-corrected chi connectivity index (χ0v) is 14.5. The maximum Gasteiger partial charge on any atom is 0.269 e. The van der Waals surface area contributed by atoms with E-state index in [1.807, 2.05) is 6.07 Å². The third-order valence-corrected chi connectivity index (χ3v) is 6.68. The molecule has 0 saturated carbocycles. The number of hydrogen-bond donors (Lipinski definition) is 0. The first-order valence-corrected chi connectivity index (χ1v) is 9.12. The summed E-state index contributed by atoms with van der Waals surface area (Å²) >= 11 is 0. The Bertz CT molecular complexity index is 1200. The first-order chi connectivity index (χ1) is 12.5. The van der Waals surface area contributed by atoms with Crippen LogP contribution in [0.3, 0.4) is 0 Å². The van der Waals surface area contributed by atoms with Crippen molar-refractivity contribution in [3.05, 3.63) is 82.2 Å². The number of ketones is 1. The number of nitro benzene ring substituents is 1. The normalized spacial score (nSPS) is 11.8. The number of nitrogens with zero attached hydrogens (tertiary/aromatic N) is 1. The minimum absolute atomic E-state index is 0.0306. The molecule has 0 aliphatic heterocycles. The van der Waals surface area contributed by atoms with Gasteiger partial charge in [-0.15, -0.1) is 0 Å². The van der Waals surface area contributed by atoms with Crippen molar-refractivity contribution < 1.29 is 14.1 Å². The Kier molecular flexibility index (Phi) is 3.77. The second-order valence-electron chi connectivity index (χ2n) is 5.96. The second-order valence-corrected chi connectivity index (χ2v) is 7.93. The lowest BCUT2D eigenvalue weighted by Gasteiger charge is -1.95. The molecule has 0 amide bonds. The van der Waals surface area contributed by atoms with Crippen LogP contribution >= 0.6 is 10.5 Å². The fourth-order valence-electron chi connectivity index (χ4n) is 3.10. The van der Waals surface area contributed by atoms with E-state index < -0.39 is 15.4 Å². The Balaban J connectivity index is 2.06. The van der Waals surface area contributed by atoms with Crippen molar-refractivity contribution in [3.8, 4) is 4.90 Å². The van der Waals surface area contributed by atoms with Crippen molar-refractivity contribution in [1.82, 2.24) is 0 Å². The zero-order valence-electron chi connectivity index (χ0n) is 13.7. The van der Waals surface area contributed by atoms with E-state index in [1.165, 1.54) is 31.2 Å². The highest BCUT2D eigenvalue weighted by molar-refractivity contribution is 7.50. The monoisotopic (exact) mass is 366 g/mol. The summed E-state index contributed by atoms with van der Waals surface area (Å²) in [5.74, 6) is -0.384. The van der Waals surface area contributed by atoms with Crippen LogP contribution in [-0.2, 0) is 0 Å². The summed E-state index contributed by atoms with van der Waals surface area (Å²) in [6.07, 6.45) is 0. The fourth-order valence-corrected chi connectivity index (χ4v) is 5.44. The fraction of sp³-hybridized carbons (Fsp3) is 0.0500. The summed E-state index contributed by atoms with van der Waals surface area (Å²) < 4.78 is 15.8. The van der Waals surface area contributed by atoms with Crippen LogP contribution in [0.4, 0.5) is 10.1 Å². The molecule has 0 spiro atoms. The average Bonchev–Trinajstić information content (AvgIpc) is 2.94. The number of carbonyl (C=O) groups excluding carboxylic acids is 1. The number of halogens is 1. The SMILES string of the molecule is CC(=O)c1ccc2c(c1)c1cc(F)ccc1[s+]2-c1ccc([N+](=O)[O-])cc1. The van der Waals surface area contributed by atoms with Gasteiger partial charge in [0.2, 0.25) is 0 Å². The molecule has 1 aromatic heterocycles. The van der Waals surface area contributed by atoms with Crippen molar-refractivity contribution >= 4 is 42.1 Å². The molecule has 3 aromatic carbocycles. The van der Waals surface area contributed by atoms with Crippen molar-refractivity contribution in [3.63, 3.8) is 0 Å². The van der Waals surface area contributed by atoms with Crippen LogP contribution < -0.4 is 0 Å². The molecule has 0 bridgehead atoms. The van der Waals surface area contributed by atoms with Gasteiger partial charge in [-0.1, -0.05) is 0 Å². The highest BCUT2D eigenvalue weighted by atomic mass is 32.2. The third kappa shape index (κ3) is 2.55. The first-order valence-electron chi connectivity index (χ1n) is 7.89. The van der Waals surface area contributed by atoms with E-state index in [0.717, 1.165) is 25.1 Å². The molecular weight excluding hydrogens is 353 g/mol. The number of thiophene rings is 1. The van der Waals surface area contributed by atoms with E-state index >= 15 is 0 Å². The van der Waals surface area contributed by atoms with Gasteiger partial charge >= 0.3 is 0 Å². The molecule has 0 N–H and O–H groups in total. The summed E-state index contributed by atoms with van der Waals surface area (Å²) in [7, 11) is -0.492. The number of benzene rings is 3. The largest absolute Gasteiger partial charge is 0.295 e. The topological polar surface area (TPSA) is 60.2 Å². The van der Waals surface area contributed by atoms with Gasteiger partial charge in [0.25, 0.3) is 5.69 Å². The van der Waals surface area contributed by atoms with E-state index in [-0.39, 0.29) is 17.3 Å². The summed E-state index contributed by atoms with van der Waals surface area (Å²) in [4.78, 5) is 23.1. The molecule has 0 saturated heterocycles. The number of nitro groups is 1. The maximum absolute atomic E-state index is 13.8. The van der Waals surface area contributed by atoms with Gasteiger partial charge in [-0.3, -0.25) is 14.9 Å². The van der Waals surface area contributed by atoms with Crippen LogP contribution in [-0.4, -0.2) is 10.7 Å². The Morgan fingerprint density at radius 1 is 0.962 bits per heavy atom. The summed E-state index contributed by atoms with van der Waals surface area (Å²) in [6, 6.07) is 16.6. The highest BCUT2D eigenvalue weighted by Crippen LogP contribution is 2.48. The maximum atomic E-state index is 13.8. The second kappa shape index (κ2) is 6.00. The van der Waals surface area contributed by atoms with Gasteiger partial charge in [0.1, 0.15) is 5.82 Å². The first kappa shape index (κ1) is 16.4. The van der Waals surface area contributed by atoms with Crippen LogP contribution in [0.5, 0.6) is 0 Å². The zero-order chi connectivity index (χ0) is 18.4. The Hall–Kier alpha value is -3.12. The van der Waals surface area contributed by atoms with Crippen molar-refractivity contribution in [2.45, 2.75) is 6.92 Å². The molecule has 6 heteroatoms. The molecule has 4 nitrogen and oxygen atoms in total. The molecule has 0 fully saturated rings. The minimum atomic E-state index is -0.492. The number of Topliss-reactive ketones (excluding diaryl/α,β-unsaturated/α-hetero) is 1. The summed E-state index contributed by atoms with van der Waals surface area (Å²) in [6.45, 7) is 1.50. The standard InChI is InChI=1S/C20H13FNO3S/c1-12(23)13-2-8-19-17(10-13)18-11-14(21)3-9-20(18)26(19)16-6-4-15(5-7-16)22(24)25/h2-11H,1H3/q+1. The van der Waals surface area contributed by atoms with Gasteiger partial charge in [-0.05, 0) is 37.3 Å². The lowest BCUT2D eigenvalue weighted by molar-refractivity contribution is -0.384. The molecule has 26 heavy (non-hydrogen) atoms. The summed E-state index contributed by atoms with van der Waals surface area (Å²) in [5.41, 5.74) is 0.608. The van der Waals surface area contributed by atoms with E-state index in [1.54, 1.807) is 30.3 Å². The van der Waals surface area contributed by atoms with Gasteiger partial charge in [0.05, 0.1) is 10.3 Å². The van der Waals surface area contributed by atoms with Gasteiger partial charge in [0, 0.05) is 51.8 Å². The van der Waals surface area contributed by atoms with Gasteiger partial charge in [-0.2, -0.15) is 0 Å². The van der Waals surface area contributed by atoms with Crippen LogP contribution in [0, 0.1) is 15.9 Å². The van der Waals surface area contributed by atoms with Crippen molar-refractivity contribution in [2.24, 2.45) is 0 Å². The lowest BCUT2D eigenvalue weighted by Crippen LogP contribution is -1.90. The molecule has 1 heterocycles. The van der Waals surface area contributed by atoms with E-state index in [2.05, 4.69) is 0 Å². The van der Waals surface area contributed by atoms with Crippen molar-refractivity contribution in [2.75, 3.05) is 0 Å². The number of non-ortho nitro benzene ring substituents is 1. The quantitative estimate of drug-likeness (QED) is 0.194. The Labute approximate surface area is 150 Å². The van der Waals surface area contributed by atoms with E-state index in [9.17, 15) is 19.3 Å². The third-order valence-electron chi connectivity index (χ3n) is 4.34. The lowest BCUT2D eigenvalue weighted by atomic mass is 10.1. The van der Waals surface area contributed by atoms with Gasteiger partial charge in [-0.25, -0.2) is 4.39 Å². The Morgan fingerprint density at radius 3 is 2.19 bits per heavy atom. The minimum Gasteiger partial charge on any atom is -0.295 e. The number of hydrogen-bond acceptors (Lipinski definition) is 3. The van der Waals surface area contributed by atoms with Crippen molar-refractivity contribution in [1.29, 1.82) is 0 Å².